The van der Waals surface area contributed by atoms with Gasteiger partial charge in [-0.3, -0.25) is 9.45 Å². The normalized spacial score (nSPS) is 11.1. The maximum Gasteiger partial charge on any atom is 0.416 e. The molecule has 6 rings (SSSR count). The number of urea groups is 3. The Balaban J connectivity index is 0.000000221. The van der Waals surface area contributed by atoms with E-state index in [2.05, 4.69) is 36.1 Å². The van der Waals surface area contributed by atoms with Gasteiger partial charge in [0.25, 0.3) is 0 Å². The molecule has 65 heavy (non-hydrogen) atoms. The molecule has 0 aliphatic heterocycles. The first-order valence-corrected chi connectivity index (χ1v) is 20.2. The predicted octanol–water partition coefficient (Wildman–Crippen LogP) is 10.6. The second-order valence-corrected chi connectivity index (χ2v) is 14.8. The van der Waals surface area contributed by atoms with Gasteiger partial charge in [0.15, 0.2) is 0 Å². The van der Waals surface area contributed by atoms with Gasteiger partial charge in [0.1, 0.15) is 11.5 Å². The molecule has 0 atom stereocenters. The standard InChI is InChI=1S/C20H15F3N2O2.C14H10BrF3N2O2.C8H10N2O5S/c21-20(22,23)14-10-11-17(18(26)12-14)25-19(27)24-16-9-5-4-8-15(16)13-6-2-1-3-7-13;15-9-3-1-2-4-10(9)20(13(19)22)11-6-5-8(7-12(11)21)14(16,17)18;9-8(11)10-7-4-2-1-3-6(7)5-15-16(12,13)14/h1-12,26H,(H2,24,25,27);1-7,21H,(H2,19,22);1-4H,5H2,(H3,9,10,11)(H,12,13,14). The summed E-state index contributed by atoms with van der Waals surface area (Å²) in [5, 5.41) is 26.9. The third-order valence-corrected chi connectivity index (χ3v) is 9.42. The third-order valence-electron chi connectivity index (χ3n) is 8.33. The maximum atomic E-state index is 12.6. The number of hydrogen-bond donors (Lipinski definition) is 8. The van der Waals surface area contributed by atoms with Gasteiger partial charge in [0.05, 0.1) is 40.5 Å². The number of phenolic OH excluding ortho intramolecular Hbond substituents is 2. The lowest BCUT2D eigenvalue weighted by molar-refractivity contribution is -0.138. The number of hydrogen-bond acceptors (Lipinski definition) is 8. The lowest BCUT2D eigenvalue weighted by atomic mass is 10.0. The van der Waals surface area contributed by atoms with Crippen molar-refractivity contribution in [3.05, 3.63) is 161 Å². The van der Waals surface area contributed by atoms with Crippen molar-refractivity contribution in [2.75, 3.05) is 20.9 Å². The molecule has 0 heterocycles. The lowest BCUT2D eigenvalue weighted by Crippen LogP contribution is -2.31. The largest absolute Gasteiger partial charge is 0.506 e. The maximum absolute atomic E-state index is 12.6. The summed E-state index contributed by atoms with van der Waals surface area (Å²) in [6.45, 7) is -0.394. The molecule has 15 nitrogen and oxygen atoms in total. The van der Waals surface area contributed by atoms with Crippen LogP contribution < -0.4 is 32.3 Å². The van der Waals surface area contributed by atoms with E-state index >= 15 is 0 Å². The van der Waals surface area contributed by atoms with Crippen LogP contribution in [0, 0.1) is 0 Å². The van der Waals surface area contributed by atoms with Crippen LogP contribution in [0.5, 0.6) is 11.5 Å². The van der Waals surface area contributed by atoms with E-state index in [-0.39, 0.29) is 11.4 Å². The van der Waals surface area contributed by atoms with Crippen molar-refractivity contribution in [1.82, 2.24) is 0 Å². The Morgan fingerprint density at radius 1 is 0.631 bits per heavy atom. The molecule has 0 unspecified atom stereocenters. The minimum absolute atomic E-state index is 0.127. The van der Waals surface area contributed by atoms with Gasteiger partial charge >= 0.3 is 40.8 Å². The fraction of sp³-hybridized carbons (Fsp3) is 0.0714. The highest BCUT2D eigenvalue weighted by Gasteiger charge is 2.33. The number of benzene rings is 6. The number of alkyl halides is 6. The Bertz CT molecular complexity index is 2750. The van der Waals surface area contributed by atoms with E-state index < -0.39 is 70.1 Å². The zero-order valence-corrected chi connectivity index (χ0v) is 35.3. The van der Waals surface area contributed by atoms with Crippen LogP contribution >= 0.6 is 15.9 Å². The van der Waals surface area contributed by atoms with E-state index in [1.54, 1.807) is 42.5 Å². The number of aromatic hydroxyl groups is 2. The summed E-state index contributed by atoms with van der Waals surface area (Å²) in [7, 11) is -4.51. The Kier molecular flexibility index (Phi) is 16.9. The molecule has 0 aliphatic carbocycles. The van der Waals surface area contributed by atoms with E-state index in [1.165, 1.54) is 18.2 Å². The quantitative estimate of drug-likeness (QED) is 0.0389. The Morgan fingerprint density at radius 3 is 1.71 bits per heavy atom. The Morgan fingerprint density at radius 2 is 1.15 bits per heavy atom. The summed E-state index contributed by atoms with van der Waals surface area (Å²) in [4.78, 5) is 35.5. The highest BCUT2D eigenvalue weighted by Crippen LogP contribution is 2.40. The average Bonchev–Trinajstić information content (AvgIpc) is 3.22. The summed E-state index contributed by atoms with van der Waals surface area (Å²) >= 11 is 3.22. The summed E-state index contributed by atoms with van der Waals surface area (Å²) in [6.07, 6.45) is -9.17. The van der Waals surface area contributed by atoms with Crippen molar-refractivity contribution in [2.45, 2.75) is 19.0 Å². The van der Waals surface area contributed by atoms with Crippen molar-refractivity contribution in [3.8, 4) is 22.6 Å². The van der Waals surface area contributed by atoms with Crippen LogP contribution in [0.2, 0.25) is 0 Å². The Hall–Kier alpha value is -7.34. The van der Waals surface area contributed by atoms with Crippen LogP contribution in [0.25, 0.3) is 11.1 Å². The van der Waals surface area contributed by atoms with Crippen LogP contribution in [0.3, 0.4) is 0 Å². The predicted molar refractivity (Wildman–Crippen MR) is 233 cm³/mol. The number of rotatable bonds is 9. The monoisotopic (exact) mass is 992 g/mol. The highest BCUT2D eigenvalue weighted by atomic mass is 79.9. The van der Waals surface area contributed by atoms with Gasteiger partial charge < -0.3 is 37.6 Å². The first-order chi connectivity index (χ1) is 30.4. The number of anilines is 5. The van der Waals surface area contributed by atoms with Crippen LogP contribution in [0.1, 0.15) is 16.7 Å². The number of halogens is 7. The van der Waals surface area contributed by atoms with Crippen molar-refractivity contribution >= 4 is 72.9 Å². The second-order valence-electron chi connectivity index (χ2n) is 12.9. The molecule has 6 aromatic rings. The molecular weight excluding hydrogens is 958 g/mol. The number of carbonyl (C=O) groups excluding carboxylic acids is 3. The molecule has 0 radical (unpaired) electrons. The molecule has 23 heteroatoms. The fourth-order valence-corrected chi connectivity index (χ4v) is 6.22. The van der Waals surface area contributed by atoms with Gasteiger partial charge in [-0.1, -0.05) is 78.9 Å². The molecule has 0 aliphatic rings. The topological polar surface area (TPSA) is 247 Å². The van der Waals surface area contributed by atoms with Crippen molar-refractivity contribution in [3.63, 3.8) is 0 Å². The highest BCUT2D eigenvalue weighted by molar-refractivity contribution is 9.10. The van der Waals surface area contributed by atoms with E-state index in [9.17, 15) is 59.4 Å². The minimum atomic E-state index is -4.60. The van der Waals surface area contributed by atoms with E-state index in [4.69, 9.17) is 16.0 Å². The number of phenols is 2. The van der Waals surface area contributed by atoms with E-state index in [0.717, 1.165) is 40.3 Å². The van der Waals surface area contributed by atoms with E-state index in [0.29, 0.717) is 39.2 Å². The molecule has 342 valence electrons. The Labute approximate surface area is 374 Å². The molecular formula is C42H35BrF6N6O9S. The van der Waals surface area contributed by atoms with Gasteiger partial charge in [0.2, 0.25) is 0 Å². The zero-order valence-electron chi connectivity index (χ0n) is 32.9. The number of primary amides is 2. The first kappa shape index (κ1) is 50.3. The molecule has 0 bridgehead atoms. The van der Waals surface area contributed by atoms with Crippen molar-refractivity contribution in [1.29, 1.82) is 0 Å². The lowest BCUT2D eigenvalue weighted by Gasteiger charge is -2.23. The number of nitrogens with zero attached hydrogens (tertiary/aromatic N) is 1. The SMILES string of the molecule is NC(=O)N(c1ccc(C(F)(F)F)cc1O)c1ccccc1Br.NC(=O)Nc1ccccc1COS(=O)(=O)O.O=C(Nc1ccc(C(F)(F)F)cc1O)Nc1ccccc1-c1ccccc1. The molecule has 0 saturated heterocycles. The summed E-state index contributed by atoms with van der Waals surface area (Å²) in [6, 6.07) is 31.5. The molecule has 0 saturated carbocycles. The zero-order chi connectivity index (χ0) is 48.1. The first-order valence-electron chi connectivity index (χ1n) is 18.1. The summed E-state index contributed by atoms with van der Waals surface area (Å²) < 4.78 is 110. The number of nitrogens with one attached hydrogen (secondary N) is 3. The fourth-order valence-electron chi connectivity index (χ4n) is 5.48. The van der Waals surface area contributed by atoms with Crippen molar-refractivity contribution < 1.29 is 68.1 Å². The van der Waals surface area contributed by atoms with Gasteiger partial charge in [-0.05, 0) is 82.2 Å². The molecule has 10 N–H and O–H groups in total. The molecule has 0 spiro atoms. The number of carbonyl (C=O) groups is 3. The van der Waals surface area contributed by atoms with Gasteiger partial charge in [-0.25, -0.2) is 18.6 Å². The molecule has 0 fully saturated rings. The van der Waals surface area contributed by atoms with Crippen molar-refractivity contribution in [2.24, 2.45) is 11.5 Å². The summed E-state index contributed by atoms with van der Waals surface area (Å²) in [5.41, 5.74) is 11.1. The summed E-state index contributed by atoms with van der Waals surface area (Å²) in [5.74, 6) is -1.37. The van der Waals surface area contributed by atoms with Crippen LogP contribution in [0.4, 0.5) is 69.2 Å². The third kappa shape index (κ3) is 15.2. The number of nitrogens with two attached hydrogens (primary N) is 2. The minimum Gasteiger partial charge on any atom is -0.506 e. The van der Waals surface area contributed by atoms with Gasteiger partial charge in [-0.15, -0.1) is 0 Å². The van der Waals surface area contributed by atoms with Gasteiger partial charge in [0, 0.05) is 21.3 Å². The van der Waals surface area contributed by atoms with E-state index in [1.807, 2.05) is 42.5 Å². The number of amides is 6. The van der Waals surface area contributed by atoms with Crippen LogP contribution in [0.15, 0.2) is 144 Å². The van der Waals surface area contributed by atoms with Crippen LogP contribution in [-0.4, -0.2) is 41.3 Å². The molecule has 0 aromatic heterocycles. The second kappa shape index (κ2) is 21.8. The van der Waals surface area contributed by atoms with Gasteiger partial charge in [-0.2, -0.15) is 34.8 Å². The van der Waals surface area contributed by atoms with Crippen LogP contribution in [-0.2, 0) is 33.5 Å². The molecule has 6 aromatic carbocycles. The molecule has 6 amide bonds. The smallest absolute Gasteiger partial charge is 0.416 e. The number of para-hydroxylation sites is 3. The average molecular weight is 994 g/mol.